The molecule has 4 aromatic rings. The summed E-state index contributed by atoms with van der Waals surface area (Å²) in [5.41, 5.74) is 3.60. The summed E-state index contributed by atoms with van der Waals surface area (Å²) in [6, 6.07) is 20.7. The van der Waals surface area contributed by atoms with Crippen LogP contribution in [0.5, 0.6) is 5.75 Å². The minimum absolute atomic E-state index is 0.227. The molecule has 1 fully saturated rings. The van der Waals surface area contributed by atoms with Crippen LogP contribution in [0.25, 0.3) is 11.3 Å². The van der Waals surface area contributed by atoms with E-state index in [1.54, 1.807) is 13.3 Å². The maximum absolute atomic E-state index is 6.45. The fourth-order valence-electron chi connectivity index (χ4n) is 4.14. The molecular weight excluding hydrogens is 489 g/mol. The predicted molar refractivity (Wildman–Crippen MR) is 140 cm³/mol. The molecule has 2 aromatic carbocycles. The summed E-state index contributed by atoms with van der Waals surface area (Å²) in [6.07, 6.45) is 1.77. The van der Waals surface area contributed by atoms with Crippen LogP contribution in [0.2, 0.25) is 10.0 Å². The van der Waals surface area contributed by atoms with Crippen LogP contribution in [-0.4, -0.2) is 17.2 Å². The lowest BCUT2D eigenvalue weighted by Crippen LogP contribution is -2.29. The van der Waals surface area contributed by atoms with Gasteiger partial charge in [0.25, 0.3) is 0 Å². The zero-order valence-electron chi connectivity index (χ0n) is 18.5. The highest BCUT2D eigenvalue weighted by molar-refractivity contribution is 7.80. The van der Waals surface area contributed by atoms with Crippen molar-refractivity contribution in [2.75, 3.05) is 12.0 Å². The molecule has 3 heterocycles. The summed E-state index contributed by atoms with van der Waals surface area (Å²) < 4.78 is 11.7. The van der Waals surface area contributed by atoms with E-state index in [1.165, 1.54) is 0 Å². The lowest BCUT2D eigenvalue weighted by atomic mass is 10.0. The van der Waals surface area contributed by atoms with E-state index in [4.69, 9.17) is 44.6 Å². The number of aromatic nitrogens is 1. The van der Waals surface area contributed by atoms with Gasteiger partial charge >= 0.3 is 0 Å². The number of anilines is 1. The maximum Gasteiger partial charge on any atom is 0.174 e. The molecule has 8 heteroatoms. The first-order valence-electron chi connectivity index (χ1n) is 10.7. The average Bonchev–Trinajstić information content (AvgIpc) is 3.46. The van der Waals surface area contributed by atoms with Gasteiger partial charge in [-0.25, -0.2) is 0 Å². The summed E-state index contributed by atoms with van der Waals surface area (Å²) >= 11 is 18.6. The largest absolute Gasteiger partial charge is 0.495 e. The van der Waals surface area contributed by atoms with Crippen molar-refractivity contribution < 1.29 is 9.15 Å². The maximum atomic E-state index is 6.45. The Morgan fingerprint density at radius 1 is 1.03 bits per heavy atom. The van der Waals surface area contributed by atoms with Crippen LogP contribution in [0.15, 0.2) is 77.3 Å². The van der Waals surface area contributed by atoms with E-state index in [0.717, 1.165) is 34.0 Å². The number of furan rings is 1. The molecule has 5 rings (SSSR count). The van der Waals surface area contributed by atoms with Crippen molar-refractivity contribution in [1.29, 1.82) is 0 Å². The van der Waals surface area contributed by atoms with Gasteiger partial charge in [0.1, 0.15) is 23.3 Å². The predicted octanol–water partition coefficient (Wildman–Crippen LogP) is 7.14. The van der Waals surface area contributed by atoms with Gasteiger partial charge in [-0.05, 0) is 73.2 Å². The number of nitrogens with zero attached hydrogens (tertiary/aromatic N) is 2. The number of rotatable bonds is 5. The molecule has 0 saturated carbocycles. The van der Waals surface area contributed by atoms with Crippen molar-refractivity contribution in [2.45, 2.75) is 19.0 Å². The van der Waals surface area contributed by atoms with E-state index in [1.807, 2.05) is 78.6 Å². The highest BCUT2D eigenvalue weighted by Crippen LogP contribution is 2.44. The fourth-order valence-corrected chi connectivity index (χ4v) is 4.92. The second-order valence-corrected chi connectivity index (χ2v) is 9.18. The molecule has 0 spiro atoms. The molecule has 34 heavy (non-hydrogen) atoms. The molecular formula is C26H21Cl2N3O2S. The number of hydrogen-bond acceptors (Lipinski definition) is 4. The van der Waals surface area contributed by atoms with Gasteiger partial charge in [-0.3, -0.25) is 4.98 Å². The number of thiocarbonyl (C=S) groups is 1. The molecule has 5 nitrogen and oxygen atoms in total. The SMILES string of the molecule is COc1ccc(N2C(=S)N[C@H](c3ccccn3)[C@@H]2c2ccc(-c3ccc(C)c(Cl)c3)o2)cc1Cl. The van der Waals surface area contributed by atoms with E-state index < -0.39 is 0 Å². The first kappa shape index (κ1) is 22.7. The van der Waals surface area contributed by atoms with Crippen molar-refractivity contribution in [3.63, 3.8) is 0 Å². The Morgan fingerprint density at radius 2 is 1.88 bits per heavy atom. The molecule has 0 unspecified atom stereocenters. The fraction of sp³-hybridized carbons (Fsp3) is 0.154. The van der Waals surface area contributed by atoms with Gasteiger partial charge in [0.05, 0.1) is 23.9 Å². The molecule has 0 amide bonds. The molecule has 2 atom stereocenters. The Balaban J connectivity index is 1.60. The Bertz CT molecular complexity index is 1360. The van der Waals surface area contributed by atoms with Crippen molar-refractivity contribution in [1.82, 2.24) is 10.3 Å². The molecule has 0 radical (unpaired) electrons. The van der Waals surface area contributed by atoms with Gasteiger partial charge in [-0.15, -0.1) is 0 Å². The van der Waals surface area contributed by atoms with Crippen LogP contribution in [0.4, 0.5) is 5.69 Å². The molecule has 172 valence electrons. The van der Waals surface area contributed by atoms with Crippen LogP contribution in [0, 0.1) is 6.92 Å². The second kappa shape index (κ2) is 9.29. The van der Waals surface area contributed by atoms with Gasteiger partial charge in [0.15, 0.2) is 5.11 Å². The summed E-state index contributed by atoms with van der Waals surface area (Å²) in [5.74, 6) is 2.06. The van der Waals surface area contributed by atoms with Gasteiger partial charge in [0, 0.05) is 22.5 Å². The summed E-state index contributed by atoms with van der Waals surface area (Å²) in [4.78, 5) is 6.58. The molecule has 1 saturated heterocycles. The number of benzene rings is 2. The van der Waals surface area contributed by atoms with E-state index in [9.17, 15) is 0 Å². The van der Waals surface area contributed by atoms with Crippen molar-refractivity contribution in [2.24, 2.45) is 0 Å². The zero-order valence-corrected chi connectivity index (χ0v) is 20.8. The monoisotopic (exact) mass is 509 g/mol. The van der Waals surface area contributed by atoms with Crippen LogP contribution >= 0.6 is 35.4 Å². The minimum atomic E-state index is -0.290. The summed E-state index contributed by atoms with van der Waals surface area (Å²) in [5, 5.41) is 5.17. The smallest absolute Gasteiger partial charge is 0.174 e. The molecule has 0 aliphatic carbocycles. The Morgan fingerprint density at radius 3 is 2.59 bits per heavy atom. The molecule has 1 aliphatic rings. The normalized spacial score (nSPS) is 17.6. The van der Waals surface area contributed by atoms with Crippen LogP contribution in [-0.2, 0) is 0 Å². The third-order valence-electron chi connectivity index (χ3n) is 5.89. The van der Waals surface area contributed by atoms with E-state index in [0.29, 0.717) is 20.9 Å². The molecule has 2 aromatic heterocycles. The van der Waals surface area contributed by atoms with E-state index in [2.05, 4.69) is 10.3 Å². The quantitative estimate of drug-likeness (QED) is 0.288. The van der Waals surface area contributed by atoms with Crippen molar-refractivity contribution >= 4 is 46.2 Å². The average molecular weight is 510 g/mol. The molecule has 1 aliphatic heterocycles. The third-order valence-corrected chi connectivity index (χ3v) is 6.90. The highest BCUT2D eigenvalue weighted by atomic mass is 35.5. The number of aryl methyl sites for hydroxylation is 1. The van der Waals surface area contributed by atoms with Gasteiger partial charge in [-0.2, -0.15) is 0 Å². The molecule has 0 bridgehead atoms. The van der Waals surface area contributed by atoms with Gasteiger partial charge in [-0.1, -0.05) is 41.4 Å². The Labute approximate surface area is 213 Å². The number of nitrogens with one attached hydrogen (secondary N) is 1. The highest BCUT2D eigenvalue weighted by Gasteiger charge is 2.42. The first-order chi connectivity index (χ1) is 16.5. The van der Waals surface area contributed by atoms with Gasteiger partial charge in [0.2, 0.25) is 0 Å². The number of pyridine rings is 1. The second-order valence-electron chi connectivity index (χ2n) is 7.98. The van der Waals surface area contributed by atoms with Gasteiger partial charge < -0.3 is 19.4 Å². The van der Waals surface area contributed by atoms with Crippen LogP contribution in [0.3, 0.4) is 0 Å². The van der Waals surface area contributed by atoms with Crippen molar-refractivity contribution in [3.05, 3.63) is 100.0 Å². The molecule has 1 N–H and O–H groups in total. The number of halogens is 2. The summed E-state index contributed by atoms with van der Waals surface area (Å²) in [6.45, 7) is 1.97. The topological polar surface area (TPSA) is 50.5 Å². The Kier molecular flexibility index (Phi) is 6.21. The van der Waals surface area contributed by atoms with Crippen LogP contribution < -0.4 is 15.0 Å². The van der Waals surface area contributed by atoms with E-state index >= 15 is 0 Å². The zero-order chi connectivity index (χ0) is 23.8. The number of methoxy groups -OCH3 is 1. The lowest BCUT2D eigenvalue weighted by molar-refractivity contribution is 0.415. The minimum Gasteiger partial charge on any atom is -0.495 e. The first-order valence-corrected chi connectivity index (χ1v) is 11.8. The number of ether oxygens (including phenoxy) is 1. The van der Waals surface area contributed by atoms with Crippen LogP contribution in [0.1, 0.15) is 29.1 Å². The standard InChI is InChI=1S/C26H21Cl2N3O2S/c1-15-6-7-16(13-18(15)27)21-10-11-23(33-21)25-24(20-5-3-4-12-29-20)30-26(34)31(25)17-8-9-22(32-2)19(28)14-17/h3-14,24-25H,1-2H3,(H,30,34)/t24-,25+/m1/s1. The number of hydrogen-bond donors (Lipinski definition) is 1. The third kappa shape index (κ3) is 4.13. The van der Waals surface area contributed by atoms with E-state index in [-0.39, 0.29) is 12.1 Å². The van der Waals surface area contributed by atoms with Crippen molar-refractivity contribution in [3.8, 4) is 17.1 Å². The summed E-state index contributed by atoms with van der Waals surface area (Å²) in [7, 11) is 1.59. The lowest BCUT2D eigenvalue weighted by Gasteiger charge is -2.26. The Hall–Kier alpha value is -3.06.